The third-order valence-electron chi connectivity index (χ3n) is 12.1. The molecule has 372 valence electrons. The van der Waals surface area contributed by atoms with E-state index in [1.807, 2.05) is 27.2 Å². The fourth-order valence-corrected chi connectivity index (χ4v) is 8.58. The predicted octanol–water partition coefficient (Wildman–Crippen LogP) is 15.8. The summed E-state index contributed by atoms with van der Waals surface area (Å²) < 4.78 is 23.6. The van der Waals surface area contributed by atoms with Crippen LogP contribution in [0.1, 0.15) is 251 Å². The molecular weight excluding hydrogens is 804 g/mol. The van der Waals surface area contributed by atoms with E-state index < -0.39 is 20.0 Å². The maximum absolute atomic E-state index is 12.9. The van der Waals surface area contributed by atoms with E-state index >= 15 is 0 Å². The molecule has 0 aliphatic carbocycles. The maximum Gasteiger partial charge on any atom is 0.472 e. The first-order chi connectivity index (χ1) is 30.5. The fraction of sp³-hybridized carbons (Fsp3) is 0.870. The smallest absolute Gasteiger partial charge is 0.387 e. The summed E-state index contributed by atoms with van der Waals surface area (Å²) in [4.78, 5) is 23.2. The quantitative estimate of drug-likeness (QED) is 0.0243. The SMILES string of the molecule is CCCCC/C=C/CC/C=C/CC/C=C/C(O)C(COP(=O)(O)OCC[N+](C)(C)C)NC(=O)CCCCCCCCCCCCCCCCCCCCCCCCCCCCCC. The van der Waals surface area contributed by atoms with Gasteiger partial charge in [-0.15, -0.1) is 0 Å². The molecule has 0 aliphatic heterocycles. The minimum absolute atomic E-state index is 0.0547. The van der Waals surface area contributed by atoms with Crippen LogP contribution in [0.25, 0.3) is 0 Å². The molecule has 3 N–H and O–H groups in total. The van der Waals surface area contributed by atoms with Crippen LogP contribution in [0.4, 0.5) is 0 Å². The van der Waals surface area contributed by atoms with Crippen molar-refractivity contribution >= 4 is 13.7 Å². The molecule has 0 saturated carbocycles. The van der Waals surface area contributed by atoms with Gasteiger partial charge >= 0.3 is 7.82 Å². The van der Waals surface area contributed by atoms with Gasteiger partial charge in [0.2, 0.25) is 5.91 Å². The molecule has 9 heteroatoms. The molecule has 0 aromatic heterocycles. The van der Waals surface area contributed by atoms with Gasteiger partial charge in [0.1, 0.15) is 13.2 Å². The number of hydrogen-bond donors (Lipinski definition) is 3. The molecule has 1 amide bonds. The van der Waals surface area contributed by atoms with Crippen LogP contribution >= 0.6 is 7.82 Å². The van der Waals surface area contributed by atoms with Gasteiger partial charge in [0, 0.05) is 6.42 Å². The zero-order valence-electron chi connectivity index (χ0n) is 42.3. The van der Waals surface area contributed by atoms with Crippen molar-refractivity contribution in [3.63, 3.8) is 0 Å². The Morgan fingerprint density at radius 1 is 0.524 bits per heavy atom. The monoisotopic (exact) mass is 910 g/mol. The first-order valence-electron chi connectivity index (χ1n) is 26.9. The van der Waals surface area contributed by atoms with Crippen LogP contribution in [0.5, 0.6) is 0 Å². The van der Waals surface area contributed by atoms with Gasteiger partial charge in [-0.2, -0.15) is 0 Å². The van der Waals surface area contributed by atoms with Gasteiger partial charge in [0.15, 0.2) is 0 Å². The van der Waals surface area contributed by atoms with Crippen molar-refractivity contribution in [1.29, 1.82) is 0 Å². The van der Waals surface area contributed by atoms with Gasteiger partial charge in [0.25, 0.3) is 0 Å². The lowest BCUT2D eigenvalue weighted by molar-refractivity contribution is -0.870. The van der Waals surface area contributed by atoms with Crippen molar-refractivity contribution in [1.82, 2.24) is 5.32 Å². The first-order valence-corrected chi connectivity index (χ1v) is 28.4. The number of aliphatic hydroxyl groups excluding tert-OH is 1. The summed E-state index contributed by atoms with van der Waals surface area (Å²) >= 11 is 0. The van der Waals surface area contributed by atoms with Crippen molar-refractivity contribution in [2.24, 2.45) is 0 Å². The second kappa shape index (κ2) is 45.9. The molecule has 63 heavy (non-hydrogen) atoms. The Labute approximate surface area is 391 Å². The highest BCUT2D eigenvalue weighted by Crippen LogP contribution is 2.43. The second-order valence-corrected chi connectivity index (χ2v) is 21.0. The summed E-state index contributed by atoms with van der Waals surface area (Å²) in [5.74, 6) is -0.188. The molecule has 8 nitrogen and oxygen atoms in total. The van der Waals surface area contributed by atoms with E-state index in [9.17, 15) is 19.4 Å². The topological polar surface area (TPSA) is 105 Å². The average molecular weight is 910 g/mol. The van der Waals surface area contributed by atoms with Crippen molar-refractivity contribution in [3.8, 4) is 0 Å². The molecule has 0 heterocycles. The largest absolute Gasteiger partial charge is 0.472 e. The standard InChI is InChI=1S/C54H105N2O6P/c1-6-8-10-12-14-16-18-20-21-22-23-24-25-26-27-28-29-30-31-32-33-34-36-38-40-42-44-46-48-54(58)55-52(51-62-63(59,60)61-50-49-56(3,4)5)53(57)47-45-43-41-39-37-35-19-17-15-13-11-9-7-2/h15,17,37,39,45,47,52-53,57H,6-14,16,18-36,38,40-44,46,48-51H2,1-5H3,(H-,55,58,59,60)/p+1/b17-15+,39-37+,47-45+. The predicted molar refractivity (Wildman–Crippen MR) is 272 cm³/mol. The van der Waals surface area contributed by atoms with Gasteiger partial charge in [-0.05, 0) is 44.9 Å². The highest BCUT2D eigenvalue weighted by molar-refractivity contribution is 7.47. The molecule has 0 bridgehead atoms. The van der Waals surface area contributed by atoms with E-state index in [4.69, 9.17) is 9.05 Å². The first kappa shape index (κ1) is 61.7. The van der Waals surface area contributed by atoms with Crippen LogP contribution in [0.15, 0.2) is 36.5 Å². The number of likely N-dealkylation sites (N-methyl/N-ethyl adjacent to an activating group) is 1. The number of amides is 1. The van der Waals surface area contributed by atoms with Crippen LogP contribution in [0.2, 0.25) is 0 Å². The molecule has 0 aliphatic rings. The zero-order valence-corrected chi connectivity index (χ0v) is 43.2. The number of quaternary nitrogens is 1. The summed E-state index contributed by atoms with van der Waals surface area (Å²) in [6.07, 6.45) is 58.3. The van der Waals surface area contributed by atoms with Crippen LogP contribution in [-0.4, -0.2) is 73.4 Å². The number of nitrogens with one attached hydrogen (secondary N) is 1. The number of carbonyl (C=O) groups excluding carboxylic acids is 1. The lowest BCUT2D eigenvalue weighted by Gasteiger charge is -2.25. The molecule has 3 unspecified atom stereocenters. The van der Waals surface area contributed by atoms with E-state index in [2.05, 4.69) is 43.5 Å². The number of allylic oxidation sites excluding steroid dienone is 5. The lowest BCUT2D eigenvalue weighted by Crippen LogP contribution is -2.45. The van der Waals surface area contributed by atoms with E-state index in [1.165, 1.54) is 180 Å². The molecule has 0 radical (unpaired) electrons. The second-order valence-electron chi connectivity index (χ2n) is 19.6. The van der Waals surface area contributed by atoms with Crippen LogP contribution in [0, 0.1) is 0 Å². The molecule has 3 atom stereocenters. The van der Waals surface area contributed by atoms with Crippen molar-refractivity contribution in [3.05, 3.63) is 36.5 Å². The molecule has 0 spiro atoms. The number of unbranched alkanes of at least 4 members (excludes halogenated alkanes) is 32. The van der Waals surface area contributed by atoms with E-state index in [-0.39, 0.29) is 19.1 Å². The van der Waals surface area contributed by atoms with E-state index in [0.29, 0.717) is 17.4 Å². The number of phosphoric acid groups is 1. The Balaban J connectivity index is 4.11. The molecule has 0 aromatic carbocycles. The summed E-state index contributed by atoms with van der Waals surface area (Å²) in [6.45, 7) is 4.77. The van der Waals surface area contributed by atoms with Gasteiger partial charge in [-0.25, -0.2) is 4.57 Å². The zero-order chi connectivity index (χ0) is 46.4. The number of aliphatic hydroxyl groups is 1. The average Bonchev–Trinajstić information content (AvgIpc) is 3.24. The Morgan fingerprint density at radius 3 is 1.27 bits per heavy atom. The van der Waals surface area contributed by atoms with Crippen LogP contribution < -0.4 is 5.32 Å². The van der Waals surface area contributed by atoms with Crippen molar-refractivity contribution in [2.75, 3.05) is 40.9 Å². The maximum atomic E-state index is 12.9. The summed E-state index contributed by atoms with van der Waals surface area (Å²) in [7, 11) is 1.55. The highest BCUT2D eigenvalue weighted by Gasteiger charge is 2.27. The third kappa shape index (κ3) is 48.5. The van der Waals surface area contributed by atoms with Gasteiger partial charge in [-0.1, -0.05) is 237 Å². The molecule has 0 aromatic rings. The molecule has 0 rings (SSSR count). The van der Waals surface area contributed by atoms with Crippen LogP contribution in [-0.2, 0) is 18.4 Å². The van der Waals surface area contributed by atoms with Crippen molar-refractivity contribution < 1.29 is 32.9 Å². The number of phosphoric ester groups is 1. The number of nitrogens with zero attached hydrogens (tertiary/aromatic N) is 1. The highest BCUT2D eigenvalue weighted by atomic mass is 31.2. The van der Waals surface area contributed by atoms with Gasteiger partial charge in [-0.3, -0.25) is 13.8 Å². The Bertz CT molecular complexity index is 1120. The Hall–Kier alpha value is -1.28. The Morgan fingerprint density at radius 2 is 0.873 bits per heavy atom. The van der Waals surface area contributed by atoms with Gasteiger partial charge < -0.3 is 19.8 Å². The number of rotatable bonds is 49. The summed E-state index contributed by atoms with van der Waals surface area (Å²) in [6, 6.07) is -0.866. The van der Waals surface area contributed by atoms with Crippen LogP contribution in [0.3, 0.4) is 0 Å². The molecule has 0 saturated heterocycles. The summed E-state index contributed by atoms with van der Waals surface area (Å²) in [5, 5.41) is 13.8. The molecule has 0 fully saturated rings. The lowest BCUT2D eigenvalue weighted by atomic mass is 10.0. The summed E-state index contributed by atoms with van der Waals surface area (Å²) in [5.41, 5.74) is 0. The number of carbonyl (C=O) groups is 1. The third-order valence-corrected chi connectivity index (χ3v) is 13.1. The normalized spacial score (nSPS) is 14.3. The fourth-order valence-electron chi connectivity index (χ4n) is 7.84. The van der Waals surface area contributed by atoms with E-state index in [0.717, 1.165) is 51.4 Å². The minimum atomic E-state index is -4.35. The number of hydrogen-bond acceptors (Lipinski definition) is 5. The van der Waals surface area contributed by atoms with E-state index in [1.54, 1.807) is 6.08 Å². The minimum Gasteiger partial charge on any atom is -0.387 e. The Kier molecular flexibility index (Phi) is 44.9. The molecular formula is C54H106N2O6P+. The van der Waals surface area contributed by atoms with Crippen molar-refractivity contribution in [2.45, 2.75) is 264 Å². The van der Waals surface area contributed by atoms with Gasteiger partial charge in [0.05, 0.1) is 39.9 Å².